The summed E-state index contributed by atoms with van der Waals surface area (Å²) in [7, 11) is 0. The number of rotatable bonds is 4. The van der Waals surface area contributed by atoms with Crippen LogP contribution in [0.5, 0.6) is 5.75 Å². The van der Waals surface area contributed by atoms with E-state index in [0.29, 0.717) is 28.1 Å². The van der Waals surface area contributed by atoms with E-state index in [1.165, 1.54) is 0 Å². The summed E-state index contributed by atoms with van der Waals surface area (Å²) < 4.78 is 0.587. The topological polar surface area (TPSA) is 82.1 Å². The number of aromatic hydroxyl groups is 1. The number of hydrogen-bond acceptors (Lipinski definition) is 4. The molecular weight excluding hydrogens is 362 g/mol. The lowest BCUT2D eigenvalue weighted by atomic mass is 9.85. The van der Waals surface area contributed by atoms with E-state index in [1.807, 2.05) is 26.8 Å². The van der Waals surface area contributed by atoms with E-state index >= 15 is 0 Å². The van der Waals surface area contributed by atoms with E-state index < -0.39 is 0 Å². The van der Waals surface area contributed by atoms with Gasteiger partial charge in [-0.2, -0.15) is 5.26 Å². The molecule has 0 atom stereocenters. The van der Waals surface area contributed by atoms with E-state index in [-0.39, 0.29) is 11.2 Å². The Bertz CT molecular complexity index is 642. The summed E-state index contributed by atoms with van der Waals surface area (Å²) in [4.78, 5) is 0.370. The first-order chi connectivity index (χ1) is 10.2. The average molecular weight is 382 g/mol. The molecule has 4 nitrogen and oxygen atoms in total. The van der Waals surface area contributed by atoms with Gasteiger partial charge in [-0.3, -0.25) is 0 Å². The monoisotopic (exact) mass is 381 g/mol. The van der Waals surface area contributed by atoms with Gasteiger partial charge in [-0.15, -0.1) is 0 Å². The number of phenolic OH excluding ortho intramolecular Hbond substituents is 1. The summed E-state index contributed by atoms with van der Waals surface area (Å²) in [6.45, 7) is 7.00. The first-order valence-electron chi connectivity index (χ1n) is 6.83. The third-order valence-electron chi connectivity index (χ3n) is 3.00. The molecule has 0 radical (unpaired) electrons. The largest absolute Gasteiger partial charge is 0.506 e. The van der Waals surface area contributed by atoms with E-state index in [2.05, 4.69) is 27.3 Å². The molecule has 0 heterocycles. The van der Waals surface area contributed by atoms with Crippen molar-refractivity contribution in [2.45, 2.75) is 26.2 Å². The lowest BCUT2D eigenvalue weighted by molar-refractivity contribution is 0.443. The number of nitrogens with two attached hydrogens (primary N) is 1. The Morgan fingerprint density at radius 1 is 1.50 bits per heavy atom. The van der Waals surface area contributed by atoms with Crippen molar-refractivity contribution >= 4 is 39.2 Å². The van der Waals surface area contributed by atoms with Gasteiger partial charge in [0.05, 0.1) is 10.0 Å². The third-order valence-corrected chi connectivity index (χ3v) is 3.97. The number of nitrogens with one attached hydrogen (secondary N) is 1. The van der Waals surface area contributed by atoms with Crippen LogP contribution in [0.25, 0.3) is 6.08 Å². The lowest BCUT2D eigenvalue weighted by Gasteiger charge is -2.21. The van der Waals surface area contributed by atoms with Crippen LogP contribution in [0.4, 0.5) is 0 Å². The van der Waals surface area contributed by atoms with E-state index in [1.54, 1.807) is 12.1 Å². The molecule has 1 rings (SSSR count). The van der Waals surface area contributed by atoms with Gasteiger partial charge < -0.3 is 16.2 Å². The van der Waals surface area contributed by atoms with Crippen molar-refractivity contribution in [3.8, 4) is 11.8 Å². The minimum atomic E-state index is -0.221. The molecule has 4 N–H and O–H groups in total. The van der Waals surface area contributed by atoms with Gasteiger partial charge >= 0.3 is 0 Å². The highest BCUT2D eigenvalue weighted by Gasteiger charge is 2.20. The quantitative estimate of drug-likeness (QED) is 0.423. The second kappa shape index (κ2) is 7.73. The number of halogens is 1. The molecule has 0 saturated carbocycles. The predicted octanol–water partition coefficient (Wildman–Crippen LogP) is 3.23. The molecule has 0 aliphatic heterocycles. The minimum Gasteiger partial charge on any atom is -0.506 e. The van der Waals surface area contributed by atoms with Crippen LogP contribution in [0, 0.1) is 11.3 Å². The van der Waals surface area contributed by atoms with Crippen LogP contribution in [-0.4, -0.2) is 23.2 Å². The van der Waals surface area contributed by atoms with Crippen molar-refractivity contribution in [1.29, 1.82) is 5.26 Å². The molecule has 0 fully saturated rings. The smallest absolute Gasteiger partial charge is 0.133 e. The number of benzene rings is 1. The zero-order chi connectivity index (χ0) is 16.9. The normalized spacial score (nSPS) is 11.9. The third kappa shape index (κ3) is 4.80. The van der Waals surface area contributed by atoms with Gasteiger partial charge in [-0.05, 0) is 45.1 Å². The SMILES string of the molecule is CC(C)(C)c1cc(/C=C(\C#N)C(=S)NCCN)cc(Br)c1O. The van der Waals surface area contributed by atoms with Crippen molar-refractivity contribution in [3.63, 3.8) is 0 Å². The number of nitrogens with zero attached hydrogens (tertiary/aromatic N) is 1. The van der Waals surface area contributed by atoms with Crippen molar-refractivity contribution < 1.29 is 5.11 Å². The Kier molecular flexibility index (Phi) is 6.54. The van der Waals surface area contributed by atoms with Crippen molar-refractivity contribution in [2.75, 3.05) is 13.1 Å². The first-order valence-corrected chi connectivity index (χ1v) is 8.04. The fraction of sp³-hybridized carbons (Fsp3) is 0.375. The summed E-state index contributed by atoms with van der Waals surface area (Å²) in [5.74, 6) is 0.215. The number of phenols is 1. The summed E-state index contributed by atoms with van der Waals surface area (Å²) >= 11 is 8.54. The maximum absolute atomic E-state index is 10.2. The van der Waals surface area contributed by atoms with Gasteiger partial charge in [-0.25, -0.2) is 0 Å². The van der Waals surface area contributed by atoms with Crippen LogP contribution in [0.2, 0.25) is 0 Å². The zero-order valence-corrected chi connectivity index (χ0v) is 15.3. The molecule has 118 valence electrons. The molecule has 0 saturated heterocycles. The molecule has 1 aromatic rings. The highest BCUT2D eigenvalue weighted by Crippen LogP contribution is 2.37. The molecule has 0 spiro atoms. The fourth-order valence-electron chi connectivity index (χ4n) is 1.87. The van der Waals surface area contributed by atoms with Crippen LogP contribution in [0.3, 0.4) is 0 Å². The lowest BCUT2D eigenvalue weighted by Crippen LogP contribution is -2.28. The Morgan fingerprint density at radius 3 is 2.64 bits per heavy atom. The second-order valence-electron chi connectivity index (χ2n) is 5.86. The Morgan fingerprint density at radius 2 is 2.14 bits per heavy atom. The molecule has 0 bridgehead atoms. The maximum atomic E-state index is 10.2. The number of nitriles is 1. The summed E-state index contributed by atoms with van der Waals surface area (Å²) in [6, 6.07) is 5.71. The molecule has 22 heavy (non-hydrogen) atoms. The highest BCUT2D eigenvalue weighted by molar-refractivity contribution is 9.10. The van der Waals surface area contributed by atoms with Gasteiger partial charge in [0.15, 0.2) is 0 Å². The number of thiocarbonyl (C=S) groups is 1. The Balaban J connectivity index is 3.27. The molecule has 0 amide bonds. The average Bonchev–Trinajstić information content (AvgIpc) is 2.44. The molecule has 0 aliphatic rings. The predicted molar refractivity (Wildman–Crippen MR) is 97.8 cm³/mol. The van der Waals surface area contributed by atoms with Gasteiger partial charge in [0.25, 0.3) is 0 Å². The minimum absolute atomic E-state index is 0.215. The molecule has 0 aliphatic carbocycles. The van der Waals surface area contributed by atoms with Gasteiger partial charge in [0, 0.05) is 18.7 Å². The standard InChI is InChI=1S/C16H20BrN3OS/c1-16(2,3)12-7-10(8-13(17)14(12)21)6-11(9-19)15(22)20-5-4-18/h6-8,21H,4-5,18H2,1-3H3,(H,20,22)/b11-6+. The van der Waals surface area contributed by atoms with E-state index in [9.17, 15) is 10.4 Å². The Hall–Kier alpha value is -1.42. The molecule has 0 aromatic heterocycles. The van der Waals surface area contributed by atoms with Crippen molar-refractivity contribution in [3.05, 3.63) is 33.3 Å². The van der Waals surface area contributed by atoms with Crippen LogP contribution < -0.4 is 11.1 Å². The van der Waals surface area contributed by atoms with Gasteiger partial charge in [0.2, 0.25) is 0 Å². The summed E-state index contributed by atoms with van der Waals surface area (Å²) in [6.07, 6.45) is 1.70. The van der Waals surface area contributed by atoms with E-state index in [0.717, 1.165) is 11.1 Å². The fourth-order valence-corrected chi connectivity index (χ4v) is 2.56. The van der Waals surface area contributed by atoms with Crippen LogP contribution in [0.15, 0.2) is 22.2 Å². The summed E-state index contributed by atoms with van der Waals surface area (Å²) in [5.41, 5.74) is 7.15. The highest BCUT2D eigenvalue weighted by atomic mass is 79.9. The molecular formula is C16H20BrN3OS. The van der Waals surface area contributed by atoms with Crippen molar-refractivity contribution in [1.82, 2.24) is 5.32 Å². The van der Waals surface area contributed by atoms with E-state index in [4.69, 9.17) is 18.0 Å². The Labute approximate surface area is 145 Å². The van der Waals surface area contributed by atoms with Crippen LogP contribution in [0.1, 0.15) is 31.9 Å². The van der Waals surface area contributed by atoms with Crippen LogP contribution >= 0.6 is 28.1 Å². The van der Waals surface area contributed by atoms with Crippen LogP contribution in [-0.2, 0) is 5.41 Å². The zero-order valence-electron chi connectivity index (χ0n) is 12.9. The molecule has 6 heteroatoms. The second-order valence-corrected chi connectivity index (χ2v) is 7.13. The van der Waals surface area contributed by atoms with Gasteiger partial charge in [0.1, 0.15) is 16.8 Å². The summed E-state index contributed by atoms with van der Waals surface area (Å²) in [5, 5.41) is 22.4. The molecule has 1 aromatic carbocycles. The number of hydrogen-bond donors (Lipinski definition) is 3. The van der Waals surface area contributed by atoms with Gasteiger partial charge in [-0.1, -0.05) is 33.0 Å². The maximum Gasteiger partial charge on any atom is 0.133 e. The first kappa shape index (κ1) is 18.6. The molecule has 0 unspecified atom stereocenters. The van der Waals surface area contributed by atoms with Crippen molar-refractivity contribution in [2.24, 2.45) is 5.73 Å².